The molecule has 1 aromatic heterocycles. The molecule has 6 rings (SSSR count). The average molecular weight is 520 g/mol. The minimum absolute atomic E-state index is 0.185. The van der Waals surface area contributed by atoms with E-state index in [1.807, 2.05) is 73.7 Å². The molecule has 0 radical (unpaired) electrons. The highest BCUT2D eigenvalue weighted by molar-refractivity contribution is 5.97. The van der Waals surface area contributed by atoms with E-state index in [-0.39, 0.29) is 5.43 Å². The van der Waals surface area contributed by atoms with Crippen molar-refractivity contribution >= 4 is 28.4 Å². The molecule has 0 N–H and O–H groups in total. The number of ether oxygens (including phenoxy) is 3. The van der Waals surface area contributed by atoms with Crippen molar-refractivity contribution < 1.29 is 23.4 Å². The highest BCUT2D eigenvalue weighted by Gasteiger charge is 2.23. The second-order valence-electron chi connectivity index (χ2n) is 9.02. The normalized spacial score (nSPS) is 12.2. The molecule has 4 aromatic carbocycles. The maximum absolute atomic E-state index is 13.5. The number of nitrogens with zero attached hydrogens (tertiary/aromatic N) is 1. The highest BCUT2D eigenvalue weighted by Crippen LogP contribution is 2.35. The first-order chi connectivity index (χ1) is 19.1. The summed E-state index contributed by atoms with van der Waals surface area (Å²) in [5.41, 5.74) is 3.27. The van der Waals surface area contributed by atoms with Crippen molar-refractivity contribution in [2.75, 3.05) is 18.1 Å². The van der Waals surface area contributed by atoms with E-state index < -0.39 is 6.09 Å². The molecule has 0 saturated carbocycles. The predicted molar refractivity (Wildman–Crippen MR) is 149 cm³/mol. The van der Waals surface area contributed by atoms with E-state index in [0.717, 1.165) is 0 Å². The zero-order valence-corrected chi connectivity index (χ0v) is 21.3. The van der Waals surface area contributed by atoms with Crippen LogP contribution in [0.3, 0.4) is 0 Å². The summed E-state index contributed by atoms with van der Waals surface area (Å²) in [7, 11) is 0. The highest BCUT2D eigenvalue weighted by atomic mass is 16.6. The van der Waals surface area contributed by atoms with Gasteiger partial charge in [0, 0.05) is 6.07 Å². The third-order valence-electron chi connectivity index (χ3n) is 6.60. The number of aryl methyl sites for hydroxylation is 1. The minimum Gasteiger partial charge on any atom is -0.486 e. The van der Waals surface area contributed by atoms with Gasteiger partial charge in [0.25, 0.3) is 0 Å². The zero-order chi connectivity index (χ0) is 26.8. The number of anilines is 2. The van der Waals surface area contributed by atoms with Gasteiger partial charge >= 0.3 is 6.09 Å². The average Bonchev–Trinajstić information content (AvgIpc) is 2.98. The third kappa shape index (κ3) is 4.70. The smallest absolute Gasteiger partial charge is 0.424 e. The molecule has 0 unspecified atom stereocenters. The second-order valence-corrected chi connectivity index (χ2v) is 9.02. The van der Waals surface area contributed by atoms with Crippen molar-refractivity contribution in [2.45, 2.75) is 13.3 Å². The van der Waals surface area contributed by atoms with Gasteiger partial charge in [-0.1, -0.05) is 49.4 Å². The molecule has 0 spiro atoms. The van der Waals surface area contributed by atoms with Crippen molar-refractivity contribution in [3.8, 4) is 28.4 Å². The maximum Gasteiger partial charge on any atom is 0.424 e. The number of fused-ring (bicyclic) bond motifs is 2. The molecule has 0 fully saturated rings. The summed E-state index contributed by atoms with van der Waals surface area (Å²) in [6, 6.07) is 27.3. The Kier molecular flexibility index (Phi) is 6.47. The fourth-order valence-corrected chi connectivity index (χ4v) is 4.64. The van der Waals surface area contributed by atoms with Gasteiger partial charge in [-0.3, -0.25) is 4.79 Å². The van der Waals surface area contributed by atoms with Crippen molar-refractivity contribution in [3.63, 3.8) is 0 Å². The number of hydrogen-bond acceptors (Lipinski definition) is 6. The molecule has 39 heavy (non-hydrogen) atoms. The van der Waals surface area contributed by atoms with Crippen LogP contribution in [0.15, 0.2) is 106 Å². The maximum atomic E-state index is 13.5. The lowest BCUT2D eigenvalue weighted by Crippen LogP contribution is -2.29. The van der Waals surface area contributed by atoms with Crippen molar-refractivity contribution in [1.82, 2.24) is 0 Å². The van der Waals surface area contributed by atoms with Crippen LogP contribution in [0.2, 0.25) is 0 Å². The number of carbonyl (C=O) groups excluding carboxylic acids is 1. The molecule has 2 heterocycles. The molecular formula is C32H25NO6. The van der Waals surface area contributed by atoms with Crippen LogP contribution >= 0.6 is 0 Å². The van der Waals surface area contributed by atoms with Crippen LogP contribution in [0.1, 0.15) is 12.5 Å². The molecule has 5 aromatic rings. The van der Waals surface area contributed by atoms with Gasteiger partial charge in [-0.05, 0) is 60.0 Å². The van der Waals surface area contributed by atoms with Gasteiger partial charge in [0.1, 0.15) is 30.8 Å². The molecule has 7 nitrogen and oxygen atoms in total. The number of hydrogen-bond donors (Lipinski definition) is 0. The standard InChI is InChI=1S/C32H25NO6/c1-2-21-17-25-29(38-20-26(31(25)34)22-13-14-27-30(18-22)37-16-15-36-27)19-28(21)39-32(35)33(23-9-5-3-6-10-23)24-11-7-4-8-12-24/h3-14,17-20H,2,15-16H2,1H3. The van der Waals surface area contributed by atoms with Crippen molar-refractivity contribution in [2.24, 2.45) is 0 Å². The lowest BCUT2D eigenvalue weighted by molar-refractivity contribution is 0.171. The summed E-state index contributed by atoms with van der Waals surface area (Å²) in [4.78, 5) is 28.6. The van der Waals surface area contributed by atoms with Crippen LogP contribution in [0.4, 0.5) is 16.2 Å². The van der Waals surface area contributed by atoms with Crippen molar-refractivity contribution in [3.05, 3.63) is 113 Å². The van der Waals surface area contributed by atoms with E-state index in [0.29, 0.717) is 75.9 Å². The Bertz CT molecular complexity index is 1670. The van der Waals surface area contributed by atoms with Crippen LogP contribution in [0.25, 0.3) is 22.1 Å². The lowest BCUT2D eigenvalue weighted by atomic mass is 10.0. The molecule has 194 valence electrons. The monoisotopic (exact) mass is 519 g/mol. The van der Waals surface area contributed by atoms with Crippen LogP contribution in [-0.2, 0) is 6.42 Å². The SMILES string of the molecule is CCc1cc2c(=O)c(-c3ccc4c(c3)OCCO4)coc2cc1OC(=O)N(c1ccccc1)c1ccccc1. The molecule has 7 heteroatoms. The summed E-state index contributed by atoms with van der Waals surface area (Å²) in [5.74, 6) is 1.58. The summed E-state index contributed by atoms with van der Waals surface area (Å²) in [6.45, 7) is 2.89. The molecule has 1 aliphatic heterocycles. The van der Waals surface area contributed by atoms with Gasteiger partial charge in [-0.25, -0.2) is 9.69 Å². The Morgan fingerprint density at radius 1 is 0.846 bits per heavy atom. The Morgan fingerprint density at radius 2 is 1.51 bits per heavy atom. The van der Waals surface area contributed by atoms with E-state index in [1.165, 1.54) is 11.2 Å². The van der Waals surface area contributed by atoms with E-state index in [9.17, 15) is 9.59 Å². The topological polar surface area (TPSA) is 78.2 Å². The second kappa shape index (κ2) is 10.4. The van der Waals surface area contributed by atoms with Gasteiger partial charge in [0.05, 0.1) is 22.3 Å². The van der Waals surface area contributed by atoms with Crippen LogP contribution in [-0.4, -0.2) is 19.3 Å². The number of amides is 1. The molecule has 0 bridgehead atoms. The van der Waals surface area contributed by atoms with Gasteiger partial charge in [0.15, 0.2) is 11.5 Å². The number of para-hydroxylation sites is 2. The molecule has 0 atom stereocenters. The molecule has 1 amide bonds. The predicted octanol–water partition coefficient (Wildman–Crippen LogP) is 7.13. The first-order valence-corrected chi connectivity index (χ1v) is 12.7. The van der Waals surface area contributed by atoms with Gasteiger partial charge in [-0.2, -0.15) is 0 Å². The minimum atomic E-state index is -0.573. The Labute approximate surface area is 224 Å². The summed E-state index contributed by atoms with van der Waals surface area (Å²) in [5, 5.41) is 0.405. The number of benzene rings is 4. The van der Waals surface area contributed by atoms with E-state index in [2.05, 4.69) is 0 Å². The summed E-state index contributed by atoms with van der Waals surface area (Å²) >= 11 is 0. The largest absolute Gasteiger partial charge is 0.486 e. The summed E-state index contributed by atoms with van der Waals surface area (Å²) < 4.78 is 23.1. The Balaban J connectivity index is 1.37. The first-order valence-electron chi connectivity index (χ1n) is 12.7. The van der Waals surface area contributed by atoms with E-state index >= 15 is 0 Å². The van der Waals surface area contributed by atoms with Gasteiger partial charge < -0.3 is 18.6 Å². The molecular weight excluding hydrogens is 494 g/mol. The fourth-order valence-electron chi connectivity index (χ4n) is 4.64. The number of carbonyl (C=O) groups is 1. The number of rotatable bonds is 5. The summed E-state index contributed by atoms with van der Waals surface area (Å²) in [6.07, 6.45) is 1.40. The Hall–Kier alpha value is -5.04. The Morgan fingerprint density at radius 3 is 2.18 bits per heavy atom. The lowest BCUT2D eigenvalue weighted by Gasteiger charge is -2.23. The molecule has 0 saturated heterocycles. The molecule has 1 aliphatic rings. The van der Waals surface area contributed by atoms with Crippen LogP contribution < -0.4 is 24.5 Å². The quantitative estimate of drug-likeness (QED) is 0.246. The third-order valence-corrected chi connectivity index (χ3v) is 6.60. The zero-order valence-electron chi connectivity index (χ0n) is 21.3. The van der Waals surface area contributed by atoms with Gasteiger partial charge in [0.2, 0.25) is 5.43 Å². The van der Waals surface area contributed by atoms with Gasteiger partial charge in [-0.15, -0.1) is 0 Å². The van der Waals surface area contributed by atoms with E-state index in [1.54, 1.807) is 24.3 Å². The van der Waals surface area contributed by atoms with Crippen LogP contribution in [0, 0.1) is 0 Å². The fraction of sp³-hybridized carbons (Fsp3) is 0.125. The first kappa shape index (κ1) is 24.3. The van der Waals surface area contributed by atoms with Crippen LogP contribution in [0.5, 0.6) is 17.2 Å². The van der Waals surface area contributed by atoms with E-state index in [4.69, 9.17) is 18.6 Å². The molecule has 0 aliphatic carbocycles. The van der Waals surface area contributed by atoms with Crippen molar-refractivity contribution in [1.29, 1.82) is 0 Å².